The van der Waals surface area contributed by atoms with Crippen molar-refractivity contribution in [2.24, 2.45) is 5.73 Å². The summed E-state index contributed by atoms with van der Waals surface area (Å²) in [6.07, 6.45) is 1.53. The number of nitrogens with two attached hydrogens (primary N) is 1. The zero-order valence-corrected chi connectivity index (χ0v) is 7.68. The first-order chi connectivity index (χ1) is 7.08. The van der Waals surface area contributed by atoms with Gasteiger partial charge in [0.2, 0.25) is 5.91 Å². The molecule has 0 spiro atoms. The van der Waals surface area contributed by atoms with Crippen LogP contribution in [0.15, 0.2) is 18.3 Å². The molecule has 1 aromatic heterocycles. The maximum Gasteiger partial charge on any atom is 0.221 e. The molecule has 5 heteroatoms. The Hall–Kier alpha value is -1.91. The Balaban J connectivity index is 2.59. The Morgan fingerprint density at radius 1 is 1.33 bits per heavy atom. The number of carbonyl (C=O) groups excluding carboxylic acids is 1. The summed E-state index contributed by atoms with van der Waals surface area (Å²) >= 11 is 0. The van der Waals surface area contributed by atoms with Gasteiger partial charge in [0.15, 0.2) is 11.6 Å². The second-order valence-electron chi connectivity index (χ2n) is 3.27. The summed E-state index contributed by atoms with van der Waals surface area (Å²) in [6, 6.07) is 2.11. The molecule has 3 nitrogen and oxygen atoms in total. The van der Waals surface area contributed by atoms with Gasteiger partial charge in [0, 0.05) is 23.2 Å². The molecule has 1 aromatic carbocycles. The van der Waals surface area contributed by atoms with Gasteiger partial charge in [0.1, 0.15) is 0 Å². The Morgan fingerprint density at radius 2 is 2.00 bits per heavy atom. The third-order valence-electron chi connectivity index (χ3n) is 2.17. The van der Waals surface area contributed by atoms with E-state index in [-0.39, 0.29) is 6.42 Å². The van der Waals surface area contributed by atoms with Crippen LogP contribution in [0.1, 0.15) is 5.56 Å². The molecule has 2 rings (SSSR count). The van der Waals surface area contributed by atoms with Crippen LogP contribution >= 0.6 is 0 Å². The average molecular weight is 210 g/mol. The number of halogens is 2. The maximum absolute atomic E-state index is 12.9. The van der Waals surface area contributed by atoms with Gasteiger partial charge in [-0.3, -0.25) is 4.79 Å². The summed E-state index contributed by atoms with van der Waals surface area (Å²) in [6.45, 7) is 0. The molecule has 1 amide bonds. The number of primary amides is 1. The lowest BCUT2D eigenvalue weighted by molar-refractivity contribution is -0.117. The van der Waals surface area contributed by atoms with E-state index in [1.807, 2.05) is 0 Å². The van der Waals surface area contributed by atoms with E-state index in [2.05, 4.69) is 4.98 Å². The van der Waals surface area contributed by atoms with Crippen molar-refractivity contribution < 1.29 is 13.6 Å². The van der Waals surface area contributed by atoms with E-state index < -0.39 is 17.5 Å². The third-order valence-corrected chi connectivity index (χ3v) is 2.17. The molecule has 0 radical (unpaired) electrons. The monoisotopic (exact) mass is 210 g/mol. The Labute approximate surface area is 83.9 Å². The fourth-order valence-electron chi connectivity index (χ4n) is 1.51. The van der Waals surface area contributed by atoms with Crippen LogP contribution in [0.25, 0.3) is 10.9 Å². The Bertz CT molecular complexity index is 533. The van der Waals surface area contributed by atoms with Crippen LogP contribution < -0.4 is 5.73 Å². The smallest absolute Gasteiger partial charge is 0.221 e. The number of aromatic amines is 1. The molecule has 0 saturated carbocycles. The number of fused-ring (bicyclic) bond motifs is 1. The van der Waals surface area contributed by atoms with E-state index in [9.17, 15) is 13.6 Å². The van der Waals surface area contributed by atoms with Gasteiger partial charge in [0.25, 0.3) is 0 Å². The summed E-state index contributed by atoms with van der Waals surface area (Å²) in [5.74, 6) is -2.37. The average Bonchev–Trinajstić information content (AvgIpc) is 2.49. The highest BCUT2D eigenvalue weighted by Gasteiger charge is 2.10. The molecule has 2 aromatic rings. The van der Waals surface area contributed by atoms with Gasteiger partial charge < -0.3 is 10.7 Å². The Morgan fingerprint density at radius 3 is 2.67 bits per heavy atom. The molecule has 0 unspecified atom stereocenters. The molecule has 0 bridgehead atoms. The van der Waals surface area contributed by atoms with E-state index in [4.69, 9.17) is 5.73 Å². The fourth-order valence-corrected chi connectivity index (χ4v) is 1.51. The van der Waals surface area contributed by atoms with Gasteiger partial charge in [-0.1, -0.05) is 0 Å². The number of carbonyl (C=O) groups is 1. The van der Waals surface area contributed by atoms with Crippen molar-refractivity contribution >= 4 is 16.8 Å². The van der Waals surface area contributed by atoms with Crippen LogP contribution in [0.2, 0.25) is 0 Å². The SMILES string of the molecule is NC(=O)Cc1c[nH]c2cc(F)c(F)cc12. The number of rotatable bonds is 2. The molecule has 0 saturated heterocycles. The number of aromatic nitrogens is 1. The molecule has 0 fully saturated rings. The zero-order chi connectivity index (χ0) is 11.0. The summed E-state index contributed by atoms with van der Waals surface area (Å²) < 4.78 is 25.8. The maximum atomic E-state index is 12.9. The van der Waals surface area contributed by atoms with Crippen LogP contribution in [0, 0.1) is 11.6 Å². The van der Waals surface area contributed by atoms with Crippen LogP contribution in [-0.2, 0) is 11.2 Å². The Kier molecular flexibility index (Phi) is 2.15. The van der Waals surface area contributed by atoms with Crippen molar-refractivity contribution in [3.63, 3.8) is 0 Å². The molecule has 78 valence electrons. The molecule has 3 N–H and O–H groups in total. The summed E-state index contributed by atoms with van der Waals surface area (Å²) in [5, 5.41) is 0.479. The van der Waals surface area contributed by atoms with E-state index in [1.165, 1.54) is 6.20 Å². The number of benzene rings is 1. The summed E-state index contributed by atoms with van der Waals surface area (Å²) in [4.78, 5) is 13.4. The van der Waals surface area contributed by atoms with Gasteiger partial charge in [-0.15, -0.1) is 0 Å². The van der Waals surface area contributed by atoms with E-state index in [0.29, 0.717) is 16.5 Å². The topological polar surface area (TPSA) is 58.9 Å². The van der Waals surface area contributed by atoms with Gasteiger partial charge in [-0.25, -0.2) is 8.78 Å². The molecule has 0 aliphatic carbocycles. The number of nitrogens with one attached hydrogen (secondary N) is 1. The largest absolute Gasteiger partial charge is 0.369 e. The van der Waals surface area contributed by atoms with Crippen molar-refractivity contribution in [1.82, 2.24) is 4.98 Å². The van der Waals surface area contributed by atoms with Crippen LogP contribution in [0.3, 0.4) is 0 Å². The lowest BCUT2D eigenvalue weighted by atomic mass is 10.1. The van der Waals surface area contributed by atoms with Crippen LogP contribution in [-0.4, -0.2) is 10.9 Å². The van der Waals surface area contributed by atoms with Crippen LogP contribution in [0.4, 0.5) is 8.78 Å². The van der Waals surface area contributed by atoms with E-state index in [0.717, 1.165) is 12.1 Å². The minimum atomic E-state index is -0.937. The fraction of sp³-hybridized carbons (Fsp3) is 0.100. The van der Waals surface area contributed by atoms with Crippen molar-refractivity contribution in [1.29, 1.82) is 0 Å². The number of amides is 1. The molecule has 0 atom stereocenters. The number of hydrogen-bond acceptors (Lipinski definition) is 1. The van der Waals surface area contributed by atoms with Crippen molar-refractivity contribution in [3.05, 3.63) is 35.5 Å². The quantitative estimate of drug-likeness (QED) is 0.774. The second kappa shape index (κ2) is 3.34. The van der Waals surface area contributed by atoms with Gasteiger partial charge in [-0.05, 0) is 11.6 Å². The second-order valence-corrected chi connectivity index (χ2v) is 3.27. The highest BCUT2D eigenvalue weighted by Crippen LogP contribution is 2.21. The molecular formula is C10H8F2N2O. The van der Waals surface area contributed by atoms with E-state index >= 15 is 0 Å². The normalized spacial score (nSPS) is 10.8. The molecule has 0 aliphatic heterocycles. The molecule has 1 heterocycles. The lowest BCUT2D eigenvalue weighted by Crippen LogP contribution is -2.13. The van der Waals surface area contributed by atoms with E-state index in [1.54, 1.807) is 0 Å². The first-order valence-electron chi connectivity index (χ1n) is 4.31. The highest BCUT2D eigenvalue weighted by atomic mass is 19.2. The number of H-pyrrole nitrogens is 1. The predicted octanol–water partition coefficient (Wildman–Crippen LogP) is 1.47. The lowest BCUT2D eigenvalue weighted by Gasteiger charge is -1.96. The van der Waals surface area contributed by atoms with Gasteiger partial charge in [-0.2, -0.15) is 0 Å². The molecule has 15 heavy (non-hydrogen) atoms. The summed E-state index contributed by atoms with van der Waals surface area (Å²) in [7, 11) is 0. The van der Waals surface area contributed by atoms with Gasteiger partial charge in [0.05, 0.1) is 6.42 Å². The zero-order valence-electron chi connectivity index (χ0n) is 7.68. The minimum Gasteiger partial charge on any atom is -0.369 e. The van der Waals surface area contributed by atoms with Crippen molar-refractivity contribution in [3.8, 4) is 0 Å². The minimum absolute atomic E-state index is 0.00503. The first-order valence-corrected chi connectivity index (χ1v) is 4.31. The van der Waals surface area contributed by atoms with Crippen molar-refractivity contribution in [2.75, 3.05) is 0 Å². The van der Waals surface area contributed by atoms with Crippen LogP contribution in [0.5, 0.6) is 0 Å². The van der Waals surface area contributed by atoms with Crippen molar-refractivity contribution in [2.45, 2.75) is 6.42 Å². The highest BCUT2D eigenvalue weighted by molar-refractivity contribution is 5.88. The molecule has 0 aliphatic rings. The third kappa shape index (κ3) is 1.68. The van der Waals surface area contributed by atoms with Gasteiger partial charge >= 0.3 is 0 Å². The first kappa shape index (κ1) is 9.64. The predicted molar refractivity (Wildman–Crippen MR) is 51.1 cm³/mol. The summed E-state index contributed by atoms with van der Waals surface area (Å²) in [5.41, 5.74) is 6.04. The number of hydrogen-bond donors (Lipinski definition) is 2. The molecular weight excluding hydrogens is 202 g/mol. The standard InChI is InChI=1S/C10H8F2N2O/c11-7-2-6-5(1-10(13)15)4-14-9(6)3-8(7)12/h2-4,14H,1H2,(H2,13,15).